The molecule has 4 heterocycles. The van der Waals surface area contributed by atoms with Crippen LogP contribution in [-0.2, 0) is 0 Å². The fourth-order valence-corrected chi connectivity index (χ4v) is 6.91. The molecule has 28 heavy (non-hydrogen) atoms. The van der Waals surface area contributed by atoms with Crippen molar-refractivity contribution in [1.29, 1.82) is 0 Å². The first-order valence-corrected chi connectivity index (χ1v) is 12.3. The molecule has 2 spiro atoms. The quantitative estimate of drug-likeness (QED) is 0.772. The summed E-state index contributed by atoms with van der Waals surface area (Å²) in [4.78, 5) is 5.60. The molecule has 4 heteroatoms. The molecule has 4 saturated heterocycles. The standard InChI is InChI=1S/C24H46N4/c1-20(2)27-15-5-6-24(19-27)9-14-26-21(18-24)22(3,4)28-16-10-23(11-17-28)7-12-25-13-8-23/h20-21,25-26H,5-19H2,1-4H3. The Balaban J connectivity index is 1.40. The molecule has 0 amide bonds. The van der Waals surface area contributed by atoms with Crippen LogP contribution in [0.15, 0.2) is 0 Å². The van der Waals surface area contributed by atoms with Gasteiger partial charge in [0.2, 0.25) is 0 Å². The van der Waals surface area contributed by atoms with Gasteiger partial charge < -0.3 is 15.5 Å². The average Bonchev–Trinajstić information content (AvgIpc) is 2.69. The molecule has 2 unspecified atom stereocenters. The van der Waals surface area contributed by atoms with E-state index in [0.717, 1.165) is 0 Å². The molecule has 2 atom stereocenters. The summed E-state index contributed by atoms with van der Waals surface area (Å²) in [5, 5.41) is 7.54. The van der Waals surface area contributed by atoms with E-state index in [1.165, 1.54) is 97.2 Å². The maximum absolute atomic E-state index is 3.97. The Morgan fingerprint density at radius 1 is 0.857 bits per heavy atom. The predicted molar refractivity (Wildman–Crippen MR) is 119 cm³/mol. The van der Waals surface area contributed by atoms with Crippen LogP contribution >= 0.6 is 0 Å². The molecule has 0 aromatic carbocycles. The van der Waals surface area contributed by atoms with E-state index in [2.05, 4.69) is 48.1 Å². The Kier molecular flexibility index (Phi) is 6.15. The van der Waals surface area contributed by atoms with E-state index in [9.17, 15) is 0 Å². The first kappa shape index (κ1) is 21.1. The molecule has 4 nitrogen and oxygen atoms in total. The van der Waals surface area contributed by atoms with Gasteiger partial charge in [-0.3, -0.25) is 4.90 Å². The van der Waals surface area contributed by atoms with Crippen molar-refractivity contribution < 1.29 is 0 Å². The summed E-state index contributed by atoms with van der Waals surface area (Å²) in [6, 6.07) is 1.33. The van der Waals surface area contributed by atoms with Crippen LogP contribution in [0, 0.1) is 10.8 Å². The number of hydrogen-bond acceptors (Lipinski definition) is 4. The number of rotatable bonds is 3. The van der Waals surface area contributed by atoms with Crippen LogP contribution in [0.5, 0.6) is 0 Å². The van der Waals surface area contributed by atoms with Gasteiger partial charge >= 0.3 is 0 Å². The Hall–Kier alpha value is -0.160. The van der Waals surface area contributed by atoms with Crippen molar-refractivity contribution in [3.63, 3.8) is 0 Å². The number of nitrogens with zero attached hydrogens (tertiary/aromatic N) is 2. The molecule has 0 bridgehead atoms. The van der Waals surface area contributed by atoms with Crippen molar-refractivity contribution in [2.24, 2.45) is 10.8 Å². The van der Waals surface area contributed by atoms with Gasteiger partial charge in [-0.1, -0.05) is 0 Å². The van der Waals surface area contributed by atoms with Crippen molar-refractivity contribution >= 4 is 0 Å². The highest BCUT2D eigenvalue weighted by Crippen LogP contribution is 2.45. The highest BCUT2D eigenvalue weighted by Gasteiger charge is 2.47. The summed E-state index contributed by atoms with van der Waals surface area (Å²) >= 11 is 0. The lowest BCUT2D eigenvalue weighted by atomic mass is 9.66. The van der Waals surface area contributed by atoms with Gasteiger partial charge in [-0.25, -0.2) is 0 Å². The van der Waals surface area contributed by atoms with E-state index < -0.39 is 0 Å². The van der Waals surface area contributed by atoms with Crippen LogP contribution < -0.4 is 10.6 Å². The third kappa shape index (κ3) is 4.17. The Labute approximate surface area is 174 Å². The molecule has 2 N–H and O–H groups in total. The lowest BCUT2D eigenvalue weighted by Gasteiger charge is -2.56. The normalized spacial score (nSPS) is 35.7. The SMILES string of the molecule is CC(C)N1CCCC2(CCNC(C(C)(C)N3CCC4(CCNCC4)CC3)C2)C1. The third-order valence-corrected chi connectivity index (χ3v) is 9.26. The van der Waals surface area contributed by atoms with Gasteiger partial charge in [0, 0.05) is 24.2 Å². The zero-order valence-electron chi connectivity index (χ0n) is 19.2. The fourth-order valence-electron chi connectivity index (χ4n) is 6.91. The van der Waals surface area contributed by atoms with E-state index in [1.54, 1.807) is 0 Å². The molecule has 4 aliphatic rings. The molecule has 4 rings (SSSR count). The third-order valence-electron chi connectivity index (χ3n) is 9.26. The highest BCUT2D eigenvalue weighted by atomic mass is 15.2. The lowest BCUT2D eigenvalue weighted by Crippen LogP contribution is -2.65. The maximum atomic E-state index is 3.97. The first-order chi connectivity index (χ1) is 13.3. The molecule has 0 aliphatic carbocycles. The van der Waals surface area contributed by atoms with Gasteiger partial charge in [-0.05, 0) is 129 Å². The first-order valence-electron chi connectivity index (χ1n) is 12.3. The van der Waals surface area contributed by atoms with Gasteiger partial charge in [-0.15, -0.1) is 0 Å². The van der Waals surface area contributed by atoms with Gasteiger partial charge in [0.05, 0.1) is 0 Å². The average molecular weight is 391 g/mol. The van der Waals surface area contributed by atoms with E-state index in [1.807, 2.05) is 0 Å². The maximum Gasteiger partial charge on any atom is 0.0306 e. The predicted octanol–water partition coefficient (Wildman–Crippen LogP) is 3.47. The molecule has 0 radical (unpaired) electrons. The molecule has 0 saturated carbocycles. The minimum atomic E-state index is 0.266. The van der Waals surface area contributed by atoms with E-state index >= 15 is 0 Å². The summed E-state index contributed by atoms with van der Waals surface area (Å²) in [5.74, 6) is 0. The van der Waals surface area contributed by atoms with Gasteiger partial charge in [0.25, 0.3) is 0 Å². The topological polar surface area (TPSA) is 30.5 Å². The minimum absolute atomic E-state index is 0.266. The molecule has 0 aromatic rings. The summed E-state index contributed by atoms with van der Waals surface area (Å²) in [5.41, 5.74) is 1.48. The van der Waals surface area contributed by atoms with Crippen LogP contribution in [0.25, 0.3) is 0 Å². The second kappa shape index (κ2) is 8.17. The molecule has 0 aromatic heterocycles. The van der Waals surface area contributed by atoms with Crippen molar-refractivity contribution in [3.8, 4) is 0 Å². The van der Waals surface area contributed by atoms with Crippen molar-refractivity contribution in [2.45, 2.75) is 96.7 Å². The zero-order valence-corrected chi connectivity index (χ0v) is 19.2. The Bertz CT molecular complexity index is 511. The smallest absolute Gasteiger partial charge is 0.0306 e. The van der Waals surface area contributed by atoms with Crippen molar-refractivity contribution in [3.05, 3.63) is 0 Å². The number of piperidine rings is 4. The second-order valence-corrected chi connectivity index (χ2v) is 11.5. The van der Waals surface area contributed by atoms with Crippen LogP contribution in [0.1, 0.15) is 79.1 Å². The van der Waals surface area contributed by atoms with Crippen molar-refractivity contribution in [1.82, 2.24) is 20.4 Å². The molecular formula is C24H46N4. The van der Waals surface area contributed by atoms with Gasteiger partial charge in [-0.2, -0.15) is 0 Å². The second-order valence-electron chi connectivity index (χ2n) is 11.5. The number of likely N-dealkylation sites (tertiary alicyclic amines) is 2. The summed E-state index contributed by atoms with van der Waals surface area (Å²) in [6.45, 7) is 18.8. The van der Waals surface area contributed by atoms with Gasteiger partial charge in [0.15, 0.2) is 0 Å². The van der Waals surface area contributed by atoms with E-state index in [4.69, 9.17) is 0 Å². The van der Waals surface area contributed by atoms with Crippen molar-refractivity contribution in [2.75, 3.05) is 45.8 Å². The van der Waals surface area contributed by atoms with Crippen LogP contribution in [-0.4, -0.2) is 73.2 Å². The Morgan fingerprint density at radius 2 is 1.54 bits per heavy atom. The monoisotopic (exact) mass is 390 g/mol. The zero-order chi connectivity index (χ0) is 19.8. The molecule has 4 fully saturated rings. The Morgan fingerprint density at radius 3 is 2.21 bits per heavy atom. The summed E-state index contributed by atoms with van der Waals surface area (Å²) in [6.07, 6.45) is 11.2. The minimum Gasteiger partial charge on any atom is -0.317 e. The lowest BCUT2D eigenvalue weighted by molar-refractivity contribution is -0.0335. The molecule has 4 aliphatic heterocycles. The van der Waals surface area contributed by atoms with Crippen LogP contribution in [0.3, 0.4) is 0 Å². The largest absolute Gasteiger partial charge is 0.317 e. The molecular weight excluding hydrogens is 344 g/mol. The summed E-state index contributed by atoms with van der Waals surface area (Å²) < 4.78 is 0. The number of hydrogen-bond donors (Lipinski definition) is 2. The highest BCUT2D eigenvalue weighted by molar-refractivity contribution is 5.04. The summed E-state index contributed by atoms with van der Waals surface area (Å²) in [7, 11) is 0. The fraction of sp³-hybridized carbons (Fsp3) is 1.00. The van der Waals surface area contributed by atoms with E-state index in [0.29, 0.717) is 22.9 Å². The van der Waals surface area contributed by atoms with Crippen LogP contribution in [0.2, 0.25) is 0 Å². The van der Waals surface area contributed by atoms with E-state index in [-0.39, 0.29) is 5.54 Å². The van der Waals surface area contributed by atoms with Crippen LogP contribution in [0.4, 0.5) is 0 Å². The van der Waals surface area contributed by atoms with Gasteiger partial charge in [0.1, 0.15) is 0 Å². The number of nitrogens with one attached hydrogen (secondary N) is 2. The molecule has 162 valence electrons.